The summed E-state index contributed by atoms with van der Waals surface area (Å²) >= 11 is 0. The summed E-state index contributed by atoms with van der Waals surface area (Å²) in [5.41, 5.74) is 5.90. The highest BCUT2D eigenvalue weighted by molar-refractivity contribution is 5.84. The number of hydrogen-bond donors (Lipinski definition) is 4. The second-order valence-corrected chi connectivity index (χ2v) is 4.17. The summed E-state index contributed by atoms with van der Waals surface area (Å²) in [6.07, 6.45) is 0.123. The summed E-state index contributed by atoms with van der Waals surface area (Å²) < 4.78 is 4.93. The van der Waals surface area contributed by atoms with Gasteiger partial charge in [-0.2, -0.15) is 0 Å². The van der Waals surface area contributed by atoms with Gasteiger partial charge in [0.2, 0.25) is 5.91 Å². The molecule has 1 unspecified atom stereocenters. The Kier molecular flexibility index (Phi) is 6.48. The lowest BCUT2D eigenvalue weighted by molar-refractivity contribution is -0.142. The number of aliphatic carboxylic acids is 1. The van der Waals surface area contributed by atoms with E-state index in [9.17, 15) is 9.59 Å². The first-order valence-electron chi connectivity index (χ1n) is 6.11. The van der Waals surface area contributed by atoms with Crippen LogP contribution in [0.1, 0.15) is 5.56 Å². The number of nitrogens with two attached hydrogens (primary N) is 1. The first-order valence-corrected chi connectivity index (χ1v) is 6.11. The SMILES string of the molecule is NCCOCC(=O)NC(Cc1ccc(O)cc1)C(=O)O. The Balaban J connectivity index is 2.54. The van der Waals surface area contributed by atoms with E-state index in [0.717, 1.165) is 0 Å². The summed E-state index contributed by atoms with van der Waals surface area (Å²) in [5, 5.41) is 20.6. The highest BCUT2D eigenvalue weighted by atomic mass is 16.5. The molecule has 1 aromatic rings. The van der Waals surface area contributed by atoms with Crippen molar-refractivity contribution in [3.8, 4) is 5.75 Å². The molecule has 7 nitrogen and oxygen atoms in total. The van der Waals surface area contributed by atoms with E-state index in [2.05, 4.69) is 5.32 Å². The zero-order valence-electron chi connectivity index (χ0n) is 10.9. The van der Waals surface area contributed by atoms with Crippen molar-refractivity contribution < 1.29 is 24.5 Å². The molecule has 7 heteroatoms. The van der Waals surface area contributed by atoms with Crippen molar-refractivity contribution in [2.75, 3.05) is 19.8 Å². The number of carboxylic acids is 1. The molecule has 0 aliphatic heterocycles. The van der Waals surface area contributed by atoms with Crippen molar-refractivity contribution in [2.24, 2.45) is 5.73 Å². The lowest BCUT2D eigenvalue weighted by Gasteiger charge is -2.14. The lowest BCUT2D eigenvalue weighted by atomic mass is 10.1. The second kappa shape index (κ2) is 8.13. The smallest absolute Gasteiger partial charge is 0.326 e. The van der Waals surface area contributed by atoms with Crippen LogP contribution in [0.5, 0.6) is 5.75 Å². The van der Waals surface area contributed by atoms with Crippen molar-refractivity contribution >= 4 is 11.9 Å². The average Bonchev–Trinajstić information content (AvgIpc) is 2.40. The standard InChI is InChI=1S/C13H18N2O5/c14-5-6-20-8-12(17)15-11(13(18)19)7-9-1-3-10(16)4-2-9/h1-4,11,16H,5-8,14H2,(H,15,17)(H,18,19). The predicted octanol–water partition coefficient (Wildman–Crippen LogP) is -0.521. The maximum absolute atomic E-state index is 11.5. The molecule has 0 heterocycles. The van der Waals surface area contributed by atoms with E-state index < -0.39 is 17.9 Å². The van der Waals surface area contributed by atoms with Gasteiger partial charge in [0.15, 0.2) is 0 Å². The third-order valence-electron chi connectivity index (χ3n) is 2.50. The van der Waals surface area contributed by atoms with Gasteiger partial charge in [-0.3, -0.25) is 4.79 Å². The number of nitrogens with one attached hydrogen (secondary N) is 1. The van der Waals surface area contributed by atoms with Crippen molar-refractivity contribution in [1.29, 1.82) is 0 Å². The van der Waals surface area contributed by atoms with Crippen LogP contribution in [0.25, 0.3) is 0 Å². The molecule has 0 radical (unpaired) electrons. The second-order valence-electron chi connectivity index (χ2n) is 4.17. The van der Waals surface area contributed by atoms with Crippen LogP contribution in [-0.2, 0) is 20.7 Å². The summed E-state index contributed by atoms with van der Waals surface area (Å²) in [7, 11) is 0. The molecule has 20 heavy (non-hydrogen) atoms. The number of carbonyl (C=O) groups is 2. The van der Waals surface area contributed by atoms with Gasteiger partial charge in [-0.1, -0.05) is 12.1 Å². The number of ether oxygens (including phenoxy) is 1. The van der Waals surface area contributed by atoms with Gasteiger partial charge >= 0.3 is 5.97 Å². The molecule has 0 saturated carbocycles. The van der Waals surface area contributed by atoms with Gasteiger partial charge in [-0.05, 0) is 17.7 Å². The molecule has 0 fully saturated rings. The summed E-state index contributed by atoms with van der Waals surface area (Å²) in [6.45, 7) is 0.308. The van der Waals surface area contributed by atoms with Gasteiger partial charge in [-0.25, -0.2) is 4.79 Å². The highest BCUT2D eigenvalue weighted by Gasteiger charge is 2.20. The number of carboxylic acid groups (broad SMARTS) is 1. The van der Waals surface area contributed by atoms with Gasteiger partial charge < -0.3 is 26.0 Å². The summed E-state index contributed by atoms with van der Waals surface area (Å²) in [6, 6.07) is 5.07. The normalized spacial score (nSPS) is 11.8. The molecular weight excluding hydrogens is 264 g/mol. The van der Waals surface area contributed by atoms with Gasteiger partial charge in [0.25, 0.3) is 0 Å². The first-order chi connectivity index (χ1) is 9.52. The average molecular weight is 282 g/mol. The van der Waals surface area contributed by atoms with E-state index >= 15 is 0 Å². The molecule has 110 valence electrons. The number of hydrogen-bond acceptors (Lipinski definition) is 5. The molecule has 0 bridgehead atoms. The first kappa shape index (κ1) is 15.9. The molecule has 0 saturated heterocycles. The van der Waals surface area contributed by atoms with Crippen molar-refractivity contribution in [1.82, 2.24) is 5.32 Å². The van der Waals surface area contributed by atoms with Gasteiger partial charge in [0, 0.05) is 13.0 Å². The van der Waals surface area contributed by atoms with Crippen LogP contribution in [0.15, 0.2) is 24.3 Å². The van der Waals surface area contributed by atoms with Crippen LogP contribution in [0, 0.1) is 0 Å². The topological polar surface area (TPSA) is 122 Å². The van der Waals surface area contributed by atoms with Gasteiger partial charge in [0.1, 0.15) is 18.4 Å². The Labute approximate surface area is 116 Å². The molecular formula is C13H18N2O5. The highest BCUT2D eigenvalue weighted by Crippen LogP contribution is 2.11. The predicted molar refractivity (Wildman–Crippen MR) is 71.3 cm³/mol. The van der Waals surface area contributed by atoms with Crippen LogP contribution in [0.4, 0.5) is 0 Å². The quantitative estimate of drug-likeness (QED) is 0.476. The Morgan fingerprint density at radius 3 is 2.50 bits per heavy atom. The van der Waals surface area contributed by atoms with E-state index in [0.29, 0.717) is 12.1 Å². The Morgan fingerprint density at radius 2 is 1.95 bits per heavy atom. The minimum absolute atomic E-state index is 0.0971. The maximum Gasteiger partial charge on any atom is 0.326 e. The fraction of sp³-hybridized carbons (Fsp3) is 0.385. The zero-order valence-corrected chi connectivity index (χ0v) is 10.9. The number of benzene rings is 1. The Bertz CT molecular complexity index is 447. The molecule has 1 rings (SSSR count). The number of phenolic OH excluding ortho intramolecular Hbond substituents is 1. The van der Waals surface area contributed by atoms with Crippen molar-refractivity contribution in [3.63, 3.8) is 0 Å². The van der Waals surface area contributed by atoms with E-state index in [4.69, 9.17) is 20.7 Å². The Morgan fingerprint density at radius 1 is 1.30 bits per heavy atom. The van der Waals surface area contributed by atoms with E-state index in [-0.39, 0.29) is 25.4 Å². The molecule has 0 aliphatic rings. The van der Waals surface area contributed by atoms with Crippen molar-refractivity contribution in [3.05, 3.63) is 29.8 Å². The minimum Gasteiger partial charge on any atom is -0.508 e. The van der Waals surface area contributed by atoms with Crippen molar-refractivity contribution in [2.45, 2.75) is 12.5 Å². The van der Waals surface area contributed by atoms with Crippen LogP contribution >= 0.6 is 0 Å². The fourth-order valence-corrected chi connectivity index (χ4v) is 1.55. The molecule has 1 amide bonds. The van der Waals surface area contributed by atoms with Gasteiger partial charge in [-0.15, -0.1) is 0 Å². The summed E-state index contributed by atoms with van der Waals surface area (Å²) in [4.78, 5) is 22.6. The van der Waals surface area contributed by atoms with Crippen LogP contribution in [-0.4, -0.2) is 47.9 Å². The largest absolute Gasteiger partial charge is 0.508 e. The van der Waals surface area contributed by atoms with E-state index in [1.165, 1.54) is 12.1 Å². The lowest BCUT2D eigenvalue weighted by Crippen LogP contribution is -2.44. The van der Waals surface area contributed by atoms with Crippen LogP contribution < -0.4 is 11.1 Å². The molecule has 1 aromatic carbocycles. The zero-order chi connectivity index (χ0) is 15.0. The number of carbonyl (C=O) groups excluding carboxylic acids is 1. The molecule has 0 aromatic heterocycles. The fourth-order valence-electron chi connectivity index (χ4n) is 1.55. The van der Waals surface area contributed by atoms with Crippen LogP contribution in [0.2, 0.25) is 0 Å². The molecule has 0 spiro atoms. The molecule has 5 N–H and O–H groups in total. The third kappa shape index (κ3) is 5.68. The van der Waals surface area contributed by atoms with Crippen LogP contribution in [0.3, 0.4) is 0 Å². The number of rotatable bonds is 8. The minimum atomic E-state index is -1.13. The van der Waals surface area contributed by atoms with E-state index in [1.807, 2.05) is 0 Å². The van der Waals surface area contributed by atoms with Gasteiger partial charge in [0.05, 0.1) is 6.61 Å². The number of aromatic hydroxyl groups is 1. The summed E-state index contributed by atoms with van der Waals surface area (Å²) in [5.74, 6) is -1.55. The van der Waals surface area contributed by atoms with E-state index in [1.54, 1.807) is 12.1 Å². The maximum atomic E-state index is 11.5. The molecule has 1 atom stereocenters. The third-order valence-corrected chi connectivity index (χ3v) is 2.50. The Hall–Kier alpha value is -2.12. The monoisotopic (exact) mass is 282 g/mol. The number of amides is 1. The number of phenols is 1. The molecule has 0 aliphatic carbocycles.